The van der Waals surface area contributed by atoms with Crippen molar-refractivity contribution in [2.45, 2.75) is 13.0 Å². The fourth-order valence-corrected chi connectivity index (χ4v) is 1.75. The van der Waals surface area contributed by atoms with Gasteiger partial charge < -0.3 is 26.6 Å². The van der Waals surface area contributed by atoms with Crippen molar-refractivity contribution in [2.75, 3.05) is 17.7 Å². The number of ether oxygens (including phenoxy) is 1. The van der Waals surface area contributed by atoms with E-state index < -0.39 is 24.5 Å². The molecule has 0 radical (unpaired) electrons. The Morgan fingerprint density at radius 1 is 1.23 bits per heavy atom. The van der Waals surface area contributed by atoms with Crippen LogP contribution in [0.5, 0.6) is 5.75 Å². The second-order valence-corrected chi connectivity index (χ2v) is 5.18. The van der Waals surface area contributed by atoms with Gasteiger partial charge in [-0.1, -0.05) is 12.1 Å². The van der Waals surface area contributed by atoms with Crippen LogP contribution >= 0.6 is 0 Å². The topological polar surface area (TPSA) is 165 Å². The van der Waals surface area contributed by atoms with Crippen LogP contribution in [-0.2, 0) is 9.59 Å². The third-order valence-corrected chi connectivity index (χ3v) is 3.05. The lowest BCUT2D eigenvalue weighted by Crippen LogP contribution is -2.32. The van der Waals surface area contributed by atoms with Crippen LogP contribution in [0.1, 0.15) is 6.92 Å². The number of nitrogens with one attached hydrogen (secondary N) is 1. The van der Waals surface area contributed by atoms with Crippen molar-refractivity contribution in [1.82, 2.24) is 4.98 Å². The number of benzene rings is 1. The molecule has 0 fully saturated rings. The molecule has 0 aliphatic rings. The summed E-state index contributed by atoms with van der Waals surface area (Å²) in [5.41, 5.74) is 11.8. The number of esters is 1. The fourth-order valence-electron chi connectivity index (χ4n) is 1.75. The molecule has 0 unspecified atom stereocenters. The second kappa shape index (κ2) is 8.65. The SMILES string of the molecule is C[C@H](N)C(=O)Nc1ccc(N=Nc2ccccc2OC(=O)CO)c(N)n1. The van der Waals surface area contributed by atoms with E-state index in [9.17, 15) is 9.59 Å². The first-order valence-corrected chi connectivity index (χ1v) is 7.56. The predicted molar refractivity (Wildman–Crippen MR) is 94.3 cm³/mol. The molecule has 0 spiro atoms. The highest BCUT2D eigenvalue weighted by molar-refractivity contribution is 5.93. The minimum atomic E-state index is -0.817. The number of carbonyl (C=O) groups excluding carboxylic acids is 2. The van der Waals surface area contributed by atoms with Crippen molar-refractivity contribution < 1.29 is 19.4 Å². The molecule has 0 saturated carbocycles. The first kappa shape index (κ1) is 19.0. The molecule has 2 rings (SSSR count). The van der Waals surface area contributed by atoms with Gasteiger partial charge in [-0.2, -0.15) is 0 Å². The lowest BCUT2D eigenvalue weighted by Gasteiger charge is -2.08. The molecule has 10 nitrogen and oxygen atoms in total. The Balaban J connectivity index is 2.18. The molecule has 0 aliphatic carbocycles. The minimum absolute atomic E-state index is 0.0426. The van der Waals surface area contributed by atoms with E-state index in [4.69, 9.17) is 21.3 Å². The molecule has 26 heavy (non-hydrogen) atoms. The highest BCUT2D eigenvalue weighted by Gasteiger charge is 2.10. The van der Waals surface area contributed by atoms with Gasteiger partial charge in [0.15, 0.2) is 11.6 Å². The van der Waals surface area contributed by atoms with Crippen LogP contribution in [0, 0.1) is 0 Å². The summed E-state index contributed by atoms with van der Waals surface area (Å²) in [6.07, 6.45) is 0. The number of azo groups is 1. The molecular formula is C16H18N6O4. The number of aromatic nitrogens is 1. The number of nitrogen functional groups attached to an aromatic ring is 1. The van der Waals surface area contributed by atoms with E-state index in [0.717, 1.165) is 0 Å². The Hall–Kier alpha value is -3.37. The van der Waals surface area contributed by atoms with E-state index in [1.54, 1.807) is 25.1 Å². The Kier molecular flexibility index (Phi) is 6.31. The lowest BCUT2D eigenvalue weighted by molar-refractivity contribution is -0.137. The van der Waals surface area contributed by atoms with Crippen LogP contribution < -0.4 is 21.5 Å². The van der Waals surface area contributed by atoms with Crippen molar-refractivity contribution >= 4 is 34.9 Å². The summed E-state index contributed by atoms with van der Waals surface area (Å²) in [5.74, 6) is -0.793. The number of anilines is 2. The average molecular weight is 358 g/mol. The van der Waals surface area contributed by atoms with Gasteiger partial charge >= 0.3 is 5.97 Å². The van der Waals surface area contributed by atoms with E-state index in [1.165, 1.54) is 18.2 Å². The van der Waals surface area contributed by atoms with Gasteiger partial charge in [-0.05, 0) is 31.2 Å². The zero-order valence-corrected chi connectivity index (χ0v) is 13.9. The summed E-state index contributed by atoms with van der Waals surface area (Å²) < 4.78 is 4.95. The molecule has 2 aromatic rings. The standard InChI is InChI=1S/C16H18N6O4/c1-9(17)16(25)20-13-7-6-11(15(18)19-13)22-21-10-4-2-3-5-12(10)26-14(24)8-23/h2-7,9,23H,8,17H2,1H3,(H3,18,19,20,25)/t9-/m0/s1. The largest absolute Gasteiger partial charge is 0.422 e. The molecule has 1 aromatic heterocycles. The third-order valence-electron chi connectivity index (χ3n) is 3.05. The van der Waals surface area contributed by atoms with Crippen molar-refractivity contribution in [1.29, 1.82) is 0 Å². The van der Waals surface area contributed by atoms with E-state index >= 15 is 0 Å². The Labute approximate surface area is 148 Å². The molecule has 10 heteroatoms. The van der Waals surface area contributed by atoms with Gasteiger partial charge in [0.2, 0.25) is 5.91 Å². The summed E-state index contributed by atoms with van der Waals surface area (Å²) in [7, 11) is 0. The number of nitrogens with zero attached hydrogens (tertiary/aromatic N) is 3. The number of amides is 1. The number of hydrogen-bond donors (Lipinski definition) is 4. The zero-order chi connectivity index (χ0) is 19.1. The van der Waals surface area contributed by atoms with Crippen LogP contribution in [0.4, 0.5) is 23.0 Å². The number of nitrogens with two attached hydrogens (primary N) is 2. The van der Waals surface area contributed by atoms with Crippen molar-refractivity contribution in [3.8, 4) is 5.75 Å². The summed E-state index contributed by atoms with van der Waals surface area (Å²) in [4.78, 5) is 26.8. The summed E-state index contributed by atoms with van der Waals surface area (Å²) >= 11 is 0. The average Bonchev–Trinajstić information content (AvgIpc) is 2.62. The first-order chi connectivity index (χ1) is 12.4. The second-order valence-electron chi connectivity index (χ2n) is 5.18. The maximum absolute atomic E-state index is 11.6. The summed E-state index contributed by atoms with van der Waals surface area (Å²) in [5, 5.41) is 19.2. The molecule has 1 aromatic carbocycles. The highest BCUT2D eigenvalue weighted by atomic mass is 16.5. The smallest absolute Gasteiger partial charge is 0.337 e. The zero-order valence-electron chi connectivity index (χ0n) is 13.9. The molecule has 6 N–H and O–H groups in total. The molecular weight excluding hydrogens is 340 g/mol. The predicted octanol–water partition coefficient (Wildman–Crippen LogP) is 1.26. The molecule has 1 atom stereocenters. The first-order valence-electron chi connectivity index (χ1n) is 7.56. The third kappa shape index (κ3) is 5.06. The van der Waals surface area contributed by atoms with E-state index in [-0.39, 0.29) is 28.8 Å². The highest BCUT2D eigenvalue weighted by Crippen LogP contribution is 2.30. The Bertz CT molecular complexity index is 837. The molecule has 136 valence electrons. The van der Waals surface area contributed by atoms with Crippen LogP contribution in [0.2, 0.25) is 0 Å². The molecule has 0 aliphatic heterocycles. The van der Waals surface area contributed by atoms with Gasteiger partial charge in [0.25, 0.3) is 0 Å². The van der Waals surface area contributed by atoms with Crippen molar-refractivity contribution in [2.24, 2.45) is 16.0 Å². The Morgan fingerprint density at radius 3 is 2.58 bits per heavy atom. The number of para-hydroxylation sites is 1. The summed E-state index contributed by atoms with van der Waals surface area (Å²) in [6.45, 7) is 0.791. The molecule has 0 saturated heterocycles. The number of hydrogen-bond acceptors (Lipinski definition) is 9. The quantitative estimate of drug-likeness (QED) is 0.343. The lowest BCUT2D eigenvalue weighted by atomic mass is 10.3. The number of aliphatic hydroxyl groups is 1. The van der Waals surface area contributed by atoms with E-state index in [0.29, 0.717) is 0 Å². The Morgan fingerprint density at radius 2 is 1.92 bits per heavy atom. The van der Waals surface area contributed by atoms with Crippen molar-refractivity contribution in [3.05, 3.63) is 36.4 Å². The van der Waals surface area contributed by atoms with Gasteiger partial charge in [0.1, 0.15) is 23.8 Å². The molecule has 1 heterocycles. The molecule has 1 amide bonds. The fraction of sp³-hybridized carbons (Fsp3) is 0.188. The van der Waals surface area contributed by atoms with Gasteiger partial charge in [0.05, 0.1) is 6.04 Å². The van der Waals surface area contributed by atoms with Crippen molar-refractivity contribution in [3.63, 3.8) is 0 Å². The maximum atomic E-state index is 11.6. The number of pyridine rings is 1. The van der Waals surface area contributed by atoms with Crippen LogP contribution in [0.25, 0.3) is 0 Å². The normalized spacial score (nSPS) is 12.0. The van der Waals surface area contributed by atoms with E-state index in [1.807, 2.05) is 0 Å². The molecule has 0 bridgehead atoms. The minimum Gasteiger partial charge on any atom is -0.422 e. The van der Waals surface area contributed by atoms with Gasteiger partial charge in [0, 0.05) is 0 Å². The van der Waals surface area contributed by atoms with Gasteiger partial charge in [-0.3, -0.25) is 4.79 Å². The number of rotatable bonds is 6. The number of carbonyl (C=O) groups is 2. The van der Waals surface area contributed by atoms with Gasteiger partial charge in [-0.25, -0.2) is 9.78 Å². The maximum Gasteiger partial charge on any atom is 0.337 e. The monoisotopic (exact) mass is 358 g/mol. The number of aliphatic hydroxyl groups excluding tert-OH is 1. The van der Waals surface area contributed by atoms with E-state index in [2.05, 4.69) is 20.5 Å². The van der Waals surface area contributed by atoms with Crippen LogP contribution in [0.3, 0.4) is 0 Å². The van der Waals surface area contributed by atoms with Crippen LogP contribution in [-0.4, -0.2) is 34.6 Å². The van der Waals surface area contributed by atoms with Gasteiger partial charge in [-0.15, -0.1) is 10.2 Å². The summed E-state index contributed by atoms with van der Waals surface area (Å²) in [6, 6.07) is 8.74. The van der Waals surface area contributed by atoms with Crippen LogP contribution in [0.15, 0.2) is 46.6 Å².